The van der Waals surface area contributed by atoms with Gasteiger partial charge in [-0.05, 0) is 18.6 Å². The maximum atomic E-state index is 12.7. The van der Waals surface area contributed by atoms with Crippen molar-refractivity contribution >= 4 is 16.8 Å². The van der Waals surface area contributed by atoms with Crippen molar-refractivity contribution in [2.75, 3.05) is 6.54 Å². The van der Waals surface area contributed by atoms with E-state index in [9.17, 15) is 9.90 Å². The summed E-state index contributed by atoms with van der Waals surface area (Å²) in [7, 11) is 0. The highest BCUT2D eigenvalue weighted by molar-refractivity contribution is 5.82. The van der Waals surface area contributed by atoms with Gasteiger partial charge in [-0.1, -0.05) is 48.5 Å². The number of carbonyl (C=O) groups excluding carboxylic acids is 1. The molecule has 1 N–H and O–H groups in total. The van der Waals surface area contributed by atoms with Gasteiger partial charge in [0, 0.05) is 18.5 Å². The van der Waals surface area contributed by atoms with Gasteiger partial charge in [0.25, 0.3) is 0 Å². The number of hydrogen-bond acceptors (Lipinski definition) is 3. The molecule has 5 heteroatoms. The minimum atomic E-state index is -0.577. The van der Waals surface area contributed by atoms with Crippen LogP contribution < -0.4 is 0 Å². The van der Waals surface area contributed by atoms with Crippen molar-refractivity contribution in [3.05, 3.63) is 66.4 Å². The van der Waals surface area contributed by atoms with Gasteiger partial charge in [-0.25, -0.2) is 0 Å². The number of aromatic nitrogens is 2. The zero-order valence-electron chi connectivity index (χ0n) is 13.7. The van der Waals surface area contributed by atoms with E-state index >= 15 is 0 Å². The van der Waals surface area contributed by atoms with Crippen LogP contribution in [0, 0.1) is 0 Å². The van der Waals surface area contributed by atoms with E-state index in [-0.39, 0.29) is 12.5 Å². The first-order valence-corrected chi connectivity index (χ1v) is 8.04. The monoisotopic (exact) mass is 323 g/mol. The van der Waals surface area contributed by atoms with Crippen LogP contribution in [0.15, 0.2) is 60.8 Å². The van der Waals surface area contributed by atoms with E-state index in [0.29, 0.717) is 13.1 Å². The van der Waals surface area contributed by atoms with E-state index < -0.39 is 6.10 Å². The summed E-state index contributed by atoms with van der Waals surface area (Å²) in [6.45, 7) is 2.62. The van der Waals surface area contributed by atoms with Gasteiger partial charge in [0.2, 0.25) is 5.91 Å². The molecule has 3 rings (SSSR count). The number of amides is 1. The highest BCUT2D eigenvalue weighted by atomic mass is 16.3. The van der Waals surface area contributed by atoms with E-state index in [2.05, 4.69) is 5.10 Å². The minimum absolute atomic E-state index is 0.0615. The molecule has 0 aliphatic rings. The van der Waals surface area contributed by atoms with Gasteiger partial charge in [-0.2, -0.15) is 5.10 Å². The van der Waals surface area contributed by atoms with Crippen molar-refractivity contribution < 1.29 is 9.90 Å². The molecule has 24 heavy (non-hydrogen) atoms. The first-order chi connectivity index (χ1) is 11.6. The molecule has 0 spiro atoms. The number of carbonyl (C=O) groups is 1. The second-order valence-electron chi connectivity index (χ2n) is 5.97. The normalized spacial score (nSPS) is 12.2. The summed E-state index contributed by atoms with van der Waals surface area (Å²) in [4.78, 5) is 14.4. The molecule has 1 aromatic heterocycles. The largest absolute Gasteiger partial charge is 0.392 e. The van der Waals surface area contributed by atoms with E-state index in [1.54, 1.807) is 22.7 Å². The highest BCUT2D eigenvalue weighted by Crippen LogP contribution is 2.13. The van der Waals surface area contributed by atoms with Crippen molar-refractivity contribution in [1.82, 2.24) is 14.7 Å². The molecule has 0 fully saturated rings. The maximum Gasteiger partial charge on any atom is 0.244 e. The first kappa shape index (κ1) is 16.2. The smallest absolute Gasteiger partial charge is 0.244 e. The summed E-state index contributed by atoms with van der Waals surface area (Å²) in [5, 5.41) is 15.1. The summed E-state index contributed by atoms with van der Waals surface area (Å²) >= 11 is 0. The van der Waals surface area contributed by atoms with E-state index in [0.717, 1.165) is 16.5 Å². The minimum Gasteiger partial charge on any atom is -0.392 e. The molecule has 1 amide bonds. The topological polar surface area (TPSA) is 58.4 Å². The molecule has 1 heterocycles. The second-order valence-corrected chi connectivity index (χ2v) is 5.97. The van der Waals surface area contributed by atoms with E-state index in [1.807, 2.05) is 54.6 Å². The molecule has 5 nitrogen and oxygen atoms in total. The Hall–Kier alpha value is -2.66. The Bertz CT molecular complexity index is 812. The Morgan fingerprint density at radius 2 is 1.88 bits per heavy atom. The van der Waals surface area contributed by atoms with Crippen molar-refractivity contribution in [3.63, 3.8) is 0 Å². The van der Waals surface area contributed by atoms with Crippen LogP contribution in [0.2, 0.25) is 0 Å². The van der Waals surface area contributed by atoms with Gasteiger partial charge in [-0.15, -0.1) is 0 Å². The molecular formula is C19H21N3O2. The fourth-order valence-electron chi connectivity index (χ4n) is 2.76. The van der Waals surface area contributed by atoms with Crippen LogP contribution in [0.5, 0.6) is 0 Å². The fourth-order valence-corrected chi connectivity index (χ4v) is 2.76. The lowest BCUT2D eigenvalue weighted by molar-refractivity contribution is -0.133. The molecular weight excluding hydrogens is 302 g/mol. The highest BCUT2D eigenvalue weighted by Gasteiger charge is 2.17. The molecule has 0 saturated heterocycles. The number of nitrogens with zero attached hydrogens (tertiary/aromatic N) is 3. The van der Waals surface area contributed by atoms with Gasteiger partial charge in [-0.3, -0.25) is 9.48 Å². The average Bonchev–Trinajstić information content (AvgIpc) is 2.98. The Morgan fingerprint density at radius 1 is 1.17 bits per heavy atom. The first-order valence-electron chi connectivity index (χ1n) is 8.04. The third-order valence-corrected chi connectivity index (χ3v) is 3.89. The molecule has 0 bridgehead atoms. The summed E-state index contributed by atoms with van der Waals surface area (Å²) in [5.74, 6) is -0.0615. The predicted molar refractivity (Wildman–Crippen MR) is 93.3 cm³/mol. The van der Waals surface area contributed by atoms with Gasteiger partial charge < -0.3 is 10.0 Å². The molecule has 2 aromatic carbocycles. The predicted octanol–water partition coefficient (Wildman–Crippen LogP) is 2.45. The van der Waals surface area contributed by atoms with Crippen LogP contribution in [0.3, 0.4) is 0 Å². The van der Waals surface area contributed by atoms with Crippen LogP contribution in [-0.4, -0.2) is 38.3 Å². The molecule has 0 unspecified atom stereocenters. The lowest BCUT2D eigenvalue weighted by Gasteiger charge is -2.24. The van der Waals surface area contributed by atoms with Crippen LogP contribution in [0.4, 0.5) is 0 Å². The number of benzene rings is 2. The van der Waals surface area contributed by atoms with Crippen molar-refractivity contribution in [3.8, 4) is 0 Å². The number of fused-ring (bicyclic) bond motifs is 1. The molecule has 1 atom stereocenters. The maximum absolute atomic E-state index is 12.7. The lowest BCUT2D eigenvalue weighted by Crippen LogP contribution is -2.38. The van der Waals surface area contributed by atoms with Crippen molar-refractivity contribution in [2.24, 2.45) is 0 Å². The Kier molecular flexibility index (Phi) is 4.91. The Labute approximate surface area is 141 Å². The van der Waals surface area contributed by atoms with Crippen LogP contribution in [0.1, 0.15) is 12.5 Å². The Morgan fingerprint density at radius 3 is 2.62 bits per heavy atom. The standard InChI is InChI=1S/C19H21N3O2/c1-15(23)12-21(13-16-7-3-2-4-8-16)19(24)14-22-18-10-6-5-9-17(18)11-20-22/h2-11,15,23H,12-14H2,1H3/t15-/m0/s1. The zero-order valence-corrected chi connectivity index (χ0v) is 13.7. The number of aliphatic hydroxyl groups is 1. The number of rotatable bonds is 6. The average molecular weight is 323 g/mol. The summed E-state index contributed by atoms with van der Waals surface area (Å²) in [6, 6.07) is 17.6. The molecule has 0 aliphatic heterocycles. The van der Waals surface area contributed by atoms with E-state index in [4.69, 9.17) is 0 Å². The molecule has 0 saturated carbocycles. The van der Waals surface area contributed by atoms with Crippen molar-refractivity contribution in [1.29, 1.82) is 0 Å². The summed E-state index contributed by atoms with van der Waals surface area (Å²) in [5.41, 5.74) is 1.97. The quantitative estimate of drug-likeness (QED) is 0.758. The third-order valence-electron chi connectivity index (χ3n) is 3.89. The summed E-state index contributed by atoms with van der Waals surface area (Å²) < 4.78 is 1.71. The van der Waals surface area contributed by atoms with Gasteiger partial charge in [0.15, 0.2) is 0 Å². The number of hydrogen-bond donors (Lipinski definition) is 1. The SMILES string of the molecule is C[C@H](O)CN(Cc1ccccc1)C(=O)Cn1ncc2ccccc21. The summed E-state index contributed by atoms with van der Waals surface area (Å²) in [6.07, 6.45) is 1.19. The fraction of sp³-hybridized carbons (Fsp3) is 0.263. The van der Waals surface area contributed by atoms with Gasteiger partial charge >= 0.3 is 0 Å². The molecule has 0 aliphatic carbocycles. The van der Waals surface area contributed by atoms with Crippen LogP contribution in [-0.2, 0) is 17.9 Å². The Balaban J connectivity index is 1.78. The lowest BCUT2D eigenvalue weighted by atomic mass is 10.2. The second kappa shape index (κ2) is 7.27. The number of para-hydroxylation sites is 1. The van der Waals surface area contributed by atoms with Gasteiger partial charge in [0.1, 0.15) is 6.54 Å². The van der Waals surface area contributed by atoms with Crippen molar-refractivity contribution in [2.45, 2.75) is 26.1 Å². The molecule has 3 aromatic rings. The van der Waals surface area contributed by atoms with Gasteiger partial charge in [0.05, 0.1) is 17.8 Å². The molecule has 0 radical (unpaired) electrons. The zero-order chi connectivity index (χ0) is 16.9. The van der Waals surface area contributed by atoms with Crippen LogP contribution in [0.25, 0.3) is 10.9 Å². The van der Waals surface area contributed by atoms with E-state index in [1.165, 1.54) is 0 Å². The van der Waals surface area contributed by atoms with Crippen LogP contribution >= 0.6 is 0 Å². The number of aliphatic hydroxyl groups excluding tert-OH is 1. The molecule has 124 valence electrons. The third kappa shape index (κ3) is 3.81.